The monoisotopic (exact) mass is 245 g/mol. The van der Waals surface area contributed by atoms with Crippen LogP contribution in [0.3, 0.4) is 0 Å². The summed E-state index contributed by atoms with van der Waals surface area (Å²) in [6, 6.07) is 0. The van der Waals surface area contributed by atoms with Crippen molar-refractivity contribution in [1.82, 2.24) is 4.90 Å². The van der Waals surface area contributed by atoms with Crippen LogP contribution in [0.15, 0.2) is 12.2 Å². The molecule has 1 aliphatic heterocycles. The van der Waals surface area contributed by atoms with Gasteiger partial charge < -0.3 is 0 Å². The quantitative estimate of drug-likeness (QED) is 0.483. The standard InChI is InChI=1S/C15H19NO2/c1-14(2,3)16-12(17)10-8-4-5-9(11(10)13(16)18)15(8)6-7-15/h4-5,8-11H,6-7H2,1-3H3/t8-,9-,10-,11-/m1/s1. The van der Waals surface area contributed by atoms with E-state index in [9.17, 15) is 9.59 Å². The summed E-state index contributed by atoms with van der Waals surface area (Å²) < 4.78 is 0. The smallest absolute Gasteiger partial charge is 0.234 e. The molecule has 0 aromatic rings. The van der Waals surface area contributed by atoms with Gasteiger partial charge in [-0.2, -0.15) is 0 Å². The average molecular weight is 245 g/mol. The Morgan fingerprint density at radius 3 is 1.83 bits per heavy atom. The number of hydrogen-bond donors (Lipinski definition) is 0. The number of rotatable bonds is 0. The summed E-state index contributed by atoms with van der Waals surface area (Å²) in [4.78, 5) is 26.8. The predicted molar refractivity (Wildman–Crippen MR) is 66.4 cm³/mol. The van der Waals surface area contributed by atoms with Crippen molar-refractivity contribution in [2.75, 3.05) is 0 Å². The first kappa shape index (κ1) is 10.8. The Morgan fingerprint density at radius 2 is 1.50 bits per heavy atom. The zero-order valence-electron chi connectivity index (χ0n) is 11.1. The Morgan fingerprint density at radius 1 is 1.06 bits per heavy atom. The second-order valence-corrected chi connectivity index (χ2v) is 7.40. The molecule has 96 valence electrons. The molecule has 1 heterocycles. The van der Waals surface area contributed by atoms with Gasteiger partial charge in [0.1, 0.15) is 0 Å². The second kappa shape index (κ2) is 2.73. The first-order chi connectivity index (χ1) is 8.38. The van der Waals surface area contributed by atoms with Gasteiger partial charge in [0.25, 0.3) is 0 Å². The lowest BCUT2D eigenvalue weighted by molar-refractivity contribution is -0.146. The molecule has 4 aliphatic rings. The van der Waals surface area contributed by atoms with E-state index in [0.717, 1.165) is 0 Å². The second-order valence-electron chi connectivity index (χ2n) is 7.40. The lowest BCUT2D eigenvalue weighted by atomic mass is 9.85. The summed E-state index contributed by atoms with van der Waals surface area (Å²) in [6.45, 7) is 5.85. The number of imide groups is 1. The molecule has 1 saturated heterocycles. The van der Waals surface area contributed by atoms with E-state index in [1.54, 1.807) is 0 Å². The summed E-state index contributed by atoms with van der Waals surface area (Å²) in [5.41, 5.74) is -0.0702. The lowest BCUT2D eigenvalue weighted by Crippen LogP contribution is -2.47. The minimum atomic E-state index is -0.380. The average Bonchev–Trinajstić information content (AvgIpc) is 2.83. The fraction of sp³-hybridized carbons (Fsp3) is 0.733. The highest BCUT2D eigenvalue weighted by Gasteiger charge is 2.73. The molecule has 0 radical (unpaired) electrons. The molecular formula is C15H19NO2. The number of carbonyl (C=O) groups is 2. The molecule has 3 heteroatoms. The van der Waals surface area contributed by atoms with Crippen molar-refractivity contribution in [2.45, 2.75) is 39.2 Å². The maximum atomic E-state index is 12.6. The number of fused-ring (bicyclic) bond motifs is 3. The molecule has 3 nitrogen and oxygen atoms in total. The topological polar surface area (TPSA) is 37.4 Å². The van der Waals surface area contributed by atoms with Crippen molar-refractivity contribution in [2.24, 2.45) is 29.1 Å². The molecular weight excluding hydrogens is 226 g/mol. The van der Waals surface area contributed by atoms with Crippen molar-refractivity contribution < 1.29 is 9.59 Å². The fourth-order valence-electron chi connectivity index (χ4n) is 4.74. The maximum absolute atomic E-state index is 12.6. The molecule has 0 unspecified atom stereocenters. The number of likely N-dealkylation sites (tertiary alicyclic amines) is 1. The minimum absolute atomic E-state index is 0.0470. The lowest BCUT2D eigenvalue weighted by Gasteiger charge is -2.32. The highest BCUT2D eigenvalue weighted by molar-refractivity contribution is 6.07. The predicted octanol–water partition coefficient (Wildman–Crippen LogP) is 1.98. The van der Waals surface area contributed by atoms with Crippen molar-refractivity contribution in [3.63, 3.8) is 0 Å². The SMILES string of the molecule is CC(C)(C)N1C(=O)[C@H]2[C@H](C1=O)[C@H]1C=C[C@H]2C12CC2. The van der Waals surface area contributed by atoms with Crippen LogP contribution in [0.25, 0.3) is 0 Å². The van der Waals surface area contributed by atoms with Gasteiger partial charge in [0.05, 0.1) is 11.8 Å². The van der Waals surface area contributed by atoms with Crippen LogP contribution in [0.2, 0.25) is 0 Å². The van der Waals surface area contributed by atoms with E-state index in [-0.39, 0.29) is 29.2 Å². The number of carbonyl (C=O) groups excluding carboxylic acids is 2. The van der Waals surface area contributed by atoms with Gasteiger partial charge in [-0.05, 0) is 50.9 Å². The Bertz CT molecular complexity index is 461. The molecule has 2 saturated carbocycles. The zero-order valence-corrected chi connectivity index (χ0v) is 11.1. The molecule has 4 rings (SSSR count). The van der Waals surface area contributed by atoms with Crippen LogP contribution in [0.4, 0.5) is 0 Å². The Balaban J connectivity index is 1.79. The van der Waals surface area contributed by atoms with E-state index in [0.29, 0.717) is 17.3 Å². The summed E-state index contributed by atoms with van der Waals surface area (Å²) in [7, 11) is 0. The molecule has 0 aromatic heterocycles. The largest absolute Gasteiger partial charge is 0.277 e. The van der Waals surface area contributed by atoms with E-state index < -0.39 is 0 Å². The third kappa shape index (κ3) is 0.952. The molecule has 1 spiro atoms. The van der Waals surface area contributed by atoms with E-state index >= 15 is 0 Å². The van der Waals surface area contributed by atoms with Crippen molar-refractivity contribution >= 4 is 11.8 Å². The molecule has 3 aliphatic carbocycles. The van der Waals surface area contributed by atoms with Gasteiger partial charge in [-0.15, -0.1) is 0 Å². The van der Waals surface area contributed by atoms with Gasteiger partial charge in [0.2, 0.25) is 11.8 Å². The van der Waals surface area contributed by atoms with E-state index in [1.807, 2.05) is 20.8 Å². The van der Waals surface area contributed by atoms with Crippen LogP contribution < -0.4 is 0 Å². The van der Waals surface area contributed by atoms with Crippen molar-refractivity contribution in [3.8, 4) is 0 Å². The number of amides is 2. The number of allylic oxidation sites excluding steroid dienone is 2. The van der Waals surface area contributed by atoms with Crippen LogP contribution in [-0.2, 0) is 9.59 Å². The van der Waals surface area contributed by atoms with Crippen LogP contribution in [0.1, 0.15) is 33.6 Å². The normalized spacial score (nSPS) is 43.2. The highest BCUT2D eigenvalue weighted by Crippen LogP contribution is 2.73. The number of hydrogen-bond acceptors (Lipinski definition) is 2. The van der Waals surface area contributed by atoms with Gasteiger partial charge >= 0.3 is 0 Å². The molecule has 2 amide bonds. The third-order valence-electron chi connectivity index (χ3n) is 5.52. The highest BCUT2D eigenvalue weighted by atomic mass is 16.2. The summed E-state index contributed by atoms with van der Waals surface area (Å²) in [5, 5.41) is 0. The Hall–Kier alpha value is -1.12. The van der Waals surface area contributed by atoms with Crippen LogP contribution in [-0.4, -0.2) is 22.3 Å². The van der Waals surface area contributed by atoms with Gasteiger partial charge in [-0.1, -0.05) is 12.2 Å². The fourth-order valence-corrected chi connectivity index (χ4v) is 4.74. The maximum Gasteiger partial charge on any atom is 0.234 e. The van der Waals surface area contributed by atoms with Crippen LogP contribution >= 0.6 is 0 Å². The molecule has 18 heavy (non-hydrogen) atoms. The molecule has 0 aromatic carbocycles. The summed E-state index contributed by atoms with van der Waals surface area (Å²) in [5.74, 6) is 0.761. The van der Waals surface area contributed by atoms with E-state index in [1.165, 1.54) is 17.7 Å². The first-order valence-electron chi connectivity index (χ1n) is 6.94. The molecule has 2 bridgehead atoms. The van der Waals surface area contributed by atoms with Crippen LogP contribution in [0.5, 0.6) is 0 Å². The zero-order chi connectivity index (χ0) is 12.9. The first-order valence-corrected chi connectivity index (χ1v) is 6.94. The van der Waals surface area contributed by atoms with Gasteiger partial charge in [0.15, 0.2) is 0 Å². The van der Waals surface area contributed by atoms with Gasteiger partial charge in [-0.25, -0.2) is 0 Å². The van der Waals surface area contributed by atoms with Gasteiger partial charge in [0, 0.05) is 5.54 Å². The van der Waals surface area contributed by atoms with Crippen LogP contribution in [0, 0.1) is 29.1 Å². The number of nitrogens with zero attached hydrogens (tertiary/aromatic N) is 1. The molecule has 3 fully saturated rings. The third-order valence-corrected chi connectivity index (χ3v) is 5.52. The van der Waals surface area contributed by atoms with E-state index in [4.69, 9.17) is 0 Å². The Kier molecular flexibility index (Phi) is 1.63. The van der Waals surface area contributed by atoms with Crippen molar-refractivity contribution in [1.29, 1.82) is 0 Å². The molecule has 0 N–H and O–H groups in total. The minimum Gasteiger partial charge on any atom is -0.277 e. The van der Waals surface area contributed by atoms with E-state index in [2.05, 4.69) is 12.2 Å². The van der Waals surface area contributed by atoms with Gasteiger partial charge in [-0.3, -0.25) is 14.5 Å². The summed E-state index contributed by atoms with van der Waals surface area (Å²) >= 11 is 0. The Labute approximate surface area is 107 Å². The summed E-state index contributed by atoms with van der Waals surface area (Å²) in [6.07, 6.45) is 6.85. The van der Waals surface area contributed by atoms with Crippen molar-refractivity contribution in [3.05, 3.63) is 12.2 Å². The molecule has 4 atom stereocenters.